The molecule has 3 fully saturated rings. The molecule has 2 aromatic rings. The average molecular weight is 337 g/mol. The van der Waals surface area contributed by atoms with E-state index in [1.807, 2.05) is 13.1 Å². The Morgan fingerprint density at radius 2 is 1.68 bits per heavy atom. The number of anilines is 1. The van der Waals surface area contributed by atoms with Crippen LogP contribution in [0.2, 0.25) is 0 Å². The van der Waals surface area contributed by atoms with E-state index in [0.717, 1.165) is 18.4 Å². The van der Waals surface area contributed by atoms with Gasteiger partial charge in [0.1, 0.15) is 0 Å². The Morgan fingerprint density at radius 3 is 2.32 bits per heavy atom. The SMILES string of the molecule is Cc1ccc(Cn2ccc(N3C(=O)C4C5CCC(O5)C4C3=O)n2)cc1. The summed E-state index contributed by atoms with van der Waals surface area (Å²) in [6.45, 7) is 2.66. The number of nitrogens with zero attached hydrogens (tertiary/aromatic N) is 3. The Balaban J connectivity index is 1.39. The molecule has 4 heterocycles. The van der Waals surface area contributed by atoms with Crippen LogP contribution in [-0.4, -0.2) is 33.8 Å². The average Bonchev–Trinajstić information content (AvgIpc) is 3.35. The summed E-state index contributed by atoms with van der Waals surface area (Å²) in [4.78, 5) is 26.8. The van der Waals surface area contributed by atoms with Crippen LogP contribution in [0.4, 0.5) is 5.82 Å². The van der Waals surface area contributed by atoms with Gasteiger partial charge in [-0.15, -0.1) is 0 Å². The fourth-order valence-electron chi connectivity index (χ4n) is 4.38. The quantitative estimate of drug-likeness (QED) is 0.803. The van der Waals surface area contributed by atoms with E-state index in [-0.39, 0.29) is 35.9 Å². The molecule has 25 heavy (non-hydrogen) atoms. The fourth-order valence-corrected chi connectivity index (χ4v) is 4.38. The van der Waals surface area contributed by atoms with E-state index in [1.165, 1.54) is 10.5 Å². The van der Waals surface area contributed by atoms with Crippen LogP contribution in [-0.2, 0) is 20.9 Å². The molecular formula is C19H19N3O3. The van der Waals surface area contributed by atoms with Crippen molar-refractivity contribution in [3.05, 3.63) is 47.7 Å². The molecule has 4 unspecified atom stereocenters. The van der Waals surface area contributed by atoms with Crippen LogP contribution in [0.15, 0.2) is 36.5 Å². The topological polar surface area (TPSA) is 64.4 Å². The maximum absolute atomic E-state index is 12.8. The van der Waals surface area contributed by atoms with Crippen molar-refractivity contribution in [2.45, 2.75) is 38.5 Å². The smallest absolute Gasteiger partial charge is 0.241 e. The van der Waals surface area contributed by atoms with E-state index in [2.05, 4.69) is 29.4 Å². The molecule has 6 nitrogen and oxygen atoms in total. The predicted molar refractivity (Wildman–Crippen MR) is 89.9 cm³/mol. The molecule has 6 heteroatoms. The molecule has 0 N–H and O–H groups in total. The van der Waals surface area contributed by atoms with Crippen LogP contribution in [0.3, 0.4) is 0 Å². The maximum atomic E-state index is 12.8. The molecule has 0 spiro atoms. The second kappa shape index (κ2) is 5.26. The third-order valence-corrected chi connectivity index (χ3v) is 5.61. The molecule has 3 aliphatic rings. The third-order valence-electron chi connectivity index (χ3n) is 5.61. The summed E-state index contributed by atoms with van der Waals surface area (Å²) in [6.07, 6.45) is 3.38. The number of carbonyl (C=O) groups is 2. The maximum Gasteiger partial charge on any atom is 0.241 e. The van der Waals surface area contributed by atoms with Crippen LogP contribution in [0.1, 0.15) is 24.0 Å². The van der Waals surface area contributed by atoms with Gasteiger partial charge in [0, 0.05) is 12.3 Å². The molecule has 2 amide bonds. The van der Waals surface area contributed by atoms with Gasteiger partial charge in [0.25, 0.3) is 0 Å². The molecule has 0 radical (unpaired) electrons. The largest absolute Gasteiger partial charge is 0.373 e. The van der Waals surface area contributed by atoms with Crippen molar-refractivity contribution < 1.29 is 14.3 Å². The van der Waals surface area contributed by atoms with Crippen molar-refractivity contribution in [1.29, 1.82) is 0 Å². The Kier molecular flexibility index (Phi) is 3.12. The van der Waals surface area contributed by atoms with Crippen LogP contribution < -0.4 is 4.90 Å². The van der Waals surface area contributed by atoms with Gasteiger partial charge in [-0.25, -0.2) is 4.90 Å². The number of amides is 2. The van der Waals surface area contributed by atoms with Gasteiger partial charge >= 0.3 is 0 Å². The number of fused-ring (bicyclic) bond motifs is 5. The van der Waals surface area contributed by atoms with Gasteiger partial charge in [-0.1, -0.05) is 29.8 Å². The zero-order chi connectivity index (χ0) is 17.1. The zero-order valence-corrected chi connectivity index (χ0v) is 14.0. The first-order chi connectivity index (χ1) is 12.1. The van der Waals surface area contributed by atoms with E-state index < -0.39 is 0 Å². The lowest BCUT2D eigenvalue weighted by Crippen LogP contribution is -2.34. The van der Waals surface area contributed by atoms with E-state index in [1.54, 1.807) is 10.7 Å². The first-order valence-corrected chi connectivity index (χ1v) is 8.74. The second-order valence-corrected chi connectivity index (χ2v) is 7.21. The van der Waals surface area contributed by atoms with Gasteiger partial charge in [-0.2, -0.15) is 5.10 Å². The summed E-state index contributed by atoms with van der Waals surface area (Å²) in [6, 6.07) is 9.98. The monoisotopic (exact) mass is 337 g/mol. The highest BCUT2D eigenvalue weighted by Crippen LogP contribution is 2.49. The number of rotatable bonds is 3. The zero-order valence-electron chi connectivity index (χ0n) is 14.0. The number of aromatic nitrogens is 2. The van der Waals surface area contributed by atoms with Gasteiger partial charge in [-0.05, 0) is 25.3 Å². The van der Waals surface area contributed by atoms with Gasteiger partial charge in [0.2, 0.25) is 11.8 Å². The third kappa shape index (κ3) is 2.17. The standard InChI is InChI=1S/C19H19N3O3/c1-11-2-4-12(5-3-11)10-21-9-8-15(20-21)22-18(23)16-13-6-7-14(25-13)17(16)19(22)24/h2-5,8-9,13-14,16-17H,6-7,10H2,1H3. The fraction of sp³-hybridized carbons (Fsp3) is 0.421. The summed E-state index contributed by atoms with van der Waals surface area (Å²) in [5.41, 5.74) is 2.34. The Bertz CT molecular complexity index is 829. The number of carbonyl (C=O) groups excluding carboxylic acids is 2. The summed E-state index contributed by atoms with van der Waals surface area (Å²) in [5, 5.41) is 4.47. The van der Waals surface area contributed by atoms with E-state index in [4.69, 9.17) is 4.74 Å². The van der Waals surface area contributed by atoms with Crippen LogP contribution in [0, 0.1) is 18.8 Å². The first kappa shape index (κ1) is 14.8. The van der Waals surface area contributed by atoms with Crippen molar-refractivity contribution >= 4 is 17.6 Å². The minimum Gasteiger partial charge on any atom is -0.373 e. The number of benzene rings is 1. The van der Waals surface area contributed by atoms with Crippen molar-refractivity contribution in [3.63, 3.8) is 0 Å². The van der Waals surface area contributed by atoms with E-state index >= 15 is 0 Å². The number of ether oxygens (including phenoxy) is 1. The van der Waals surface area contributed by atoms with E-state index in [0.29, 0.717) is 12.4 Å². The van der Waals surface area contributed by atoms with Crippen molar-refractivity contribution in [2.24, 2.45) is 11.8 Å². The highest BCUT2D eigenvalue weighted by Gasteiger charge is 2.63. The Hall–Kier alpha value is -2.47. The summed E-state index contributed by atoms with van der Waals surface area (Å²) < 4.78 is 7.53. The molecule has 2 bridgehead atoms. The Labute approximate surface area is 145 Å². The first-order valence-electron chi connectivity index (χ1n) is 8.74. The van der Waals surface area contributed by atoms with Crippen LogP contribution >= 0.6 is 0 Å². The van der Waals surface area contributed by atoms with Crippen LogP contribution in [0.25, 0.3) is 0 Å². The molecule has 0 saturated carbocycles. The molecule has 4 atom stereocenters. The normalized spacial score (nSPS) is 30.4. The molecule has 1 aromatic heterocycles. The second-order valence-electron chi connectivity index (χ2n) is 7.21. The lowest BCUT2D eigenvalue weighted by Gasteiger charge is -2.15. The summed E-state index contributed by atoms with van der Waals surface area (Å²) in [5.74, 6) is -0.497. The molecular weight excluding hydrogens is 318 g/mol. The number of imide groups is 1. The summed E-state index contributed by atoms with van der Waals surface area (Å²) in [7, 11) is 0. The summed E-state index contributed by atoms with van der Waals surface area (Å²) >= 11 is 0. The van der Waals surface area contributed by atoms with Crippen molar-refractivity contribution in [2.75, 3.05) is 4.90 Å². The lowest BCUT2D eigenvalue weighted by atomic mass is 9.81. The molecule has 0 aliphatic carbocycles. The molecule has 5 rings (SSSR count). The lowest BCUT2D eigenvalue weighted by molar-refractivity contribution is -0.124. The molecule has 128 valence electrons. The van der Waals surface area contributed by atoms with Gasteiger partial charge < -0.3 is 4.74 Å². The number of hydrogen-bond donors (Lipinski definition) is 0. The molecule has 3 saturated heterocycles. The molecule has 1 aromatic carbocycles. The Morgan fingerprint density at radius 1 is 1.04 bits per heavy atom. The van der Waals surface area contributed by atoms with Crippen molar-refractivity contribution in [1.82, 2.24) is 9.78 Å². The van der Waals surface area contributed by atoms with Crippen LogP contribution in [0.5, 0.6) is 0 Å². The van der Waals surface area contributed by atoms with Gasteiger partial charge in [0.15, 0.2) is 5.82 Å². The number of hydrogen-bond acceptors (Lipinski definition) is 4. The minimum atomic E-state index is -0.312. The molecule has 3 aliphatic heterocycles. The van der Waals surface area contributed by atoms with Crippen molar-refractivity contribution in [3.8, 4) is 0 Å². The number of aryl methyl sites for hydroxylation is 1. The minimum absolute atomic E-state index is 0.0916. The highest BCUT2D eigenvalue weighted by molar-refractivity contribution is 6.22. The van der Waals surface area contributed by atoms with Gasteiger partial charge in [0.05, 0.1) is 30.6 Å². The van der Waals surface area contributed by atoms with E-state index in [9.17, 15) is 9.59 Å². The highest BCUT2D eigenvalue weighted by atomic mass is 16.5. The predicted octanol–water partition coefficient (Wildman–Crippen LogP) is 1.91. The van der Waals surface area contributed by atoms with Gasteiger partial charge in [-0.3, -0.25) is 14.3 Å².